The molecule has 7 heteroatoms. The molecule has 0 bridgehead atoms. The van der Waals surface area contributed by atoms with Gasteiger partial charge in [0.25, 0.3) is 0 Å². The van der Waals surface area contributed by atoms with Crippen LogP contribution in [0.4, 0.5) is 0 Å². The first kappa shape index (κ1) is 15.7. The summed E-state index contributed by atoms with van der Waals surface area (Å²) in [5, 5.41) is 15.8. The minimum atomic E-state index is 0.188. The van der Waals surface area contributed by atoms with Gasteiger partial charge in [0.1, 0.15) is 16.9 Å². The van der Waals surface area contributed by atoms with Gasteiger partial charge in [0.15, 0.2) is 11.5 Å². The molecular weight excluding hydrogens is 346 g/mol. The van der Waals surface area contributed by atoms with Crippen molar-refractivity contribution < 1.29 is 5.11 Å². The molecule has 0 saturated carbocycles. The molecule has 0 radical (unpaired) electrons. The van der Waals surface area contributed by atoms with E-state index in [1.807, 2.05) is 12.1 Å². The molecular formula is C19H19N5OS. The molecule has 4 heterocycles. The third-order valence-electron chi connectivity index (χ3n) is 5.08. The molecule has 1 aromatic carbocycles. The fraction of sp³-hybridized carbons (Fsp3) is 0.316. The largest absolute Gasteiger partial charge is 0.507 e. The van der Waals surface area contributed by atoms with Crippen LogP contribution < -0.4 is 0 Å². The van der Waals surface area contributed by atoms with Crippen molar-refractivity contribution in [1.82, 2.24) is 24.5 Å². The molecule has 0 fully saturated rings. The van der Waals surface area contributed by atoms with E-state index in [2.05, 4.69) is 28.8 Å². The standard InChI is InChI=1S/C19H19N5OS/c1-11(2)23-8-7-13-15(9-23)26-19-16(13)18-21-17(22-24(18)10-20-19)12-5-3-4-6-14(12)25/h3-6,10-11,25H,7-9H2,1-2H3. The molecule has 132 valence electrons. The first-order valence-corrected chi connectivity index (χ1v) is 9.61. The van der Waals surface area contributed by atoms with Gasteiger partial charge in [-0.15, -0.1) is 16.4 Å². The summed E-state index contributed by atoms with van der Waals surface area (Å²) < 4.78 is 1.73. The number of benzene rings is 1. The minimum Gasteiger partial charge on any atom is -0.507 e. The topological polar surface area (TPSA) is 66.6 Å². The highest BCUT2D eigenvalue weighted by Gasteiger charge is 2.25. The highest BCUT2D eigenvalue weighted by atomic mass is 32.1. The fourth-order valence-corrected chi connectivity index (χ4v) is 4.84. The lowest BCUT2D eigenvalue weighted by atomic mass is 10.0. The van der Waals surface area contributed by atoms with E-state index >= 15 is 0 Å². The van der Waals surface area contributed by atoms with E-state index in [0.29, 0.717) is 17.4 Å². The van der Waals surface area contributed by atoms with E-state index in [9.17, 15) is 5.11 Å². The van der Waals surface area contributed by atoms with E-state index < -0.39 is 0 Å². The molecule has 0 spiro atoms. The van der Waals surface area contributed by atoms with Crippen molar-refractivity contribution in [2.45, 2.75) is 32.9 Å². The third-order valence-corrected chi connectivity index (χ3v) is 6.21. The Morgan fingerprint density at radius 1 is 1.23 bits per heavy atom. The van der Waals surface area contributed by atoms with Gasteiger partial charge in [-0.1, -0.05) is 12.1 Å². The Morgan fingerprint density at radius 3 is 2.88 bits per heavy atom. The number of phenols is 1. The van der Waals surface area contributed by atoms with Gasteiger partial charge in [-0.05, 0) is 38.0 Å². The molecule has 1 N–H and O–H groups in total. The quantitative estimate of drug-likeness (QED) is 0.589. The van der Waals surface area contributed by atoms with Crippen LogP contribution in [-0.2, 0) is 13.0 Å². The van der Waals surface area contributed by atoms with Crippen molar-refractivity contribution in [3.05, 3.63) is 41.0 Å². The van der Waals surface area contributed by atoms with Crippen LogP contribution in [0.25, 0.3) is 27.3 Å². The smallest absolute Gasteiger partial charge is 0.185 e. The maximum Gasteiger partial charge on any atom is 0.185 e. The number of rotatable bonds is 2. The van der Waals surface area contributed by atoms with E-state index in [4.69, 9.17) is 4.98 Å². The zero-order chi connectivity index (χ0) is 17.8. The van der Waals surface area contributed by atoms with Crippen molar-refractivity contribution >= 4 is 27.2 Å². The van der Waals surface area contributed by atoms with Gasteiger partial charge in [0.2, 0.25) is 0 Å². The summed E-state index contributed by atoms with van der Waals surface area (Å²) in [7, 11) is 0. The monoisotopic (exact) mass is 365 g/mol. The summed E-state index contributed by atoms with van der Waals surface area (Å²) in [6, 6.07) is 7.70. The average molecular weight is 365 g/mol. The van der Waals surface area contributed by atoms with Crippen molar-refractivity contribution in [1.29, 1.82) is 0 Å². The number of nitrogens with zero attached hydrogens (tertiary/aromatic N) is 5. The van der Waals surface area contributed by atoms with Gasteiger partial charge in [-0.2, -0.15) is 0 Å². The van der Waals surface area contributed by atoms with E-state index in [-0.39, 0.29) is 5.75 Å². The molecule has 0 unspecified atom stereocenters. The molecule has 0 amide bonds. The van der Waals surface area contributed by atoms with Gasteiger partial charge in [0, 0.05) is 24.0 Å². The van der Waals surface area contributed by atoms with Crippen LogP contribution in [0.5, 0.6) is 5.75 Å². The Morgan fingerprint density at radius 2 is 2.08 bits per heavy atom. The van der Waals surface area contributed by atoms with Gasteiger partial charge in [-0.25, -0.2) is 14.5 Å². The van der Waals surface area contributed by atoms with E-state index in [1.54, 1.807) is 34.3 Å². The lowest BCUT2D eigenvalue weighted by Gasteiger charge is -2.30. The second-order valence-electron chi connectivity index (χ2n) is 6.96. The second kappa shape index (κ2) is 5.75. The van der Waals surface area contributed by atoms with Gasteiger partial charge >= 0.3 is 0 Å². The molecule has 0 aliphatic carbocycles. The third kappa shape index (κ3) is 2.31. The summed E-state index contributed by atoms with van der Waals surface area (Å²) in [5.41, 5.74) is 2.82. The number of phenolic OH excluding ortho intramolecular Hbond substituents is 1. The van der Waals surface area contributed by atoms with Crippen molar-refractivity contribution in [3.63, 3.8) is 0 Å². The Bertz CT molecular complexity index is 1130. The average Bonchev–Trinajstić information content (AvgIpc) is 3.21. The van der Waals surface area contributed by atoms with Gasteiger partial charge in [-0.3, -0.25) is 4.90 Å². The Balaban J connectivity index is 1.70. The lowest BCUT2D eigenvalue weighted by molar-refractivity contribution is 0.206. The predicted octanol–water partition coefficient (Wildman–Crippen LogP) is 3.48. The Hall–Kier alpha value is -2.51. The summed E-state index contributed by atoms with van der Waals surface area (Å²) in [6.07, 6.45) is 2.73. The maximum atomic E-state index is 10.1. The Kier molecular flexibility index (Phi) is 3.48. The second-order valence-corrected chi connectivity index (χ2v) is 8.05. The van der Waals surface area contributed by atoms with Gasteiger partial charge < -0.3 is 5.11 Å². The van der Waals surface area contributed by atoms with Crippen LogP contribution in [-0.4, -0.2) is 42.2 Å². The SMILES string of the molecule is CC(C)N1CCc2c(sc3ncn4nc(-c5ccccc5O)nc4c23)C1. The number of aromatic hydroxyl groups is 1. The van der Waals surface area contributed by atoms with Crippen molar-refractivity contribution in [2.75, 3.05) is 6.54 Å². The van der Waals surface area contributed by atoms with Crippen LogP contribution >= 0.6 is 11.3 Å². The zero-order valence-corrected chi connectivity index (χ0v) is 15.5. The molecule has 6 nitrogen and oxygen atoms in total. The Labute approximate surface area is 154 Å². The number of hydrogen-bond donors (Lipinski definition) is 1. The van der Waals surface area contributed by atoms with Crippen molar-refractivity contribution in [3.8, 4) is 17.1 Å². The number of thiophene rings is 1. The first-order valence-electron chi connectivity index (χ1n) is 8.80. The molecule has 3 aromatic heterocycles. The van der Waals surface area contributed by atoms with Gasteiger partial charge in [0.05, 0.1) is 10.9 Å². The maximum absolute atomic E-state index is 10.1. The molecule has 1 aliphatic rings. The predicted molar refractivity (Wildman–Crippen MR) is 103 cm³/mol. The first-order chi connectivity index (χ1) is 12.6. The van der Waals surface area contributed by atoms with Crippen LogP contribution in [0.2, 0.25) is 0 Å². The highest BCUT2D eigenvalue weighted by molar-refractivity contribution is 7.19. The number of hydrogen-bond acceptors (Lipinski definition) is 6. The fourth-order valence-electron chi connectivity index (χ4n) is 3.63. The van der Waals surface area contributed by atoms with Crippen molar-refractivity contribution in [2.24, 2.45) is 0 Å². The number of fused-ring (bicyclic) bond motifs is 5. The molecule has 0 atom stereocenters. The lowest BCUT2D eigenvalue weighted by Crippen LogP contribution is -2.35. The van der Waals surface area contributed by atoms with Crippen LogP contribution in [0.15, 0.2) is 30.6 Å². The summed E-state index contributed by atoms with van der Waals surface area (Å²) in [4.78, 5) is 14.3. The molecule has 26 heavy (non-hydrogen) atoms. The van der Waals surface area contributed by atoms with Crippen LogP contribution in [0.3, 0.4) is 0 Å². The number of para-hydroxylation sites is 1. The van der Waals surface area contributed by atoms with E-state index in [1.165, 1.54) is 10.4 Å². The molecule has 4 aromatic rings. The summed E-state index contributed by atoms with van der Waals surface area (Å²) in [6.45, 7) is 6.51. The molecule has 0 saturated heterocycles. The molecule has 1 aliphatic heterocycles. The zero-order valence-electron chi connectivity index (χ0n) is 14.7. The summed E-state index contributed by atoms with van der Waals surface area (Å²) >= 11 is 1.76. The minimum absolute atomic E-state index is 0.188. The van der Waals surface area contributed by atoms with Crippen LogP contribution in [0, 0.1) is 0 Å². The number of aromatic nitrogens is 4. The highest BCUT2D eigenvalue weighted by Crippen LogP contribution is 2.37. The van der Waals surface area contributed by atoms with Crippen LogP contribution in [0.1, 0.15) is 24.3 Å². The molecule has 5 rings (SSSR count). The summed E-state index contributed by atoms with van der Waals surface area (Å²) in [5.74, 6) is 0.712. The normalized spacial score (nSPS) is 15.2. The van der Waals surface area contributed by atoms with E-state index in [0.717, 1.165) is 35.4 Å².